The second-order valence-corrected chi connectivity index (χ2v) is 7.31. The van der Waals surface area contributed by atoms with Crippen LogP contribution in [0.5, 0.6) is 5.75 Å². The molecule has 1 aromatic carbocycles. The number of hydrogen-bond acceptors (Lipinski definition) is 4. The number of likely N-dealkylation sites (N-methyl/N-ethyl adjacent to an activating group) is 1. The van der Waals surface area contributed by atoms with E-state index in [-0.39, 0.29) is 11.7 Å². The van der Waals surface area contributed by atoms with Crippen LogP contribution >= 0.6 is 11.3 Å². The SMILES string of the molecule is C[NH+](CC(=O)N1CCN(c2ccc(O)cc2)CC1)Cc1cccs1. The molecular weight excluding hydrogens is 322 g/mol. The Hall–Kier alpha value is -2.05. The zero-order valence-corrected chi connectivity index (χ0v) is 14.8. The highest BCUT2D eigenvalue weighted by atomic mass is 32.1. The van der Waals surface area contributed by atoms with Gasteiger partial charge < -0.3 is 19.8 Å². The predicted octanol–water partition coefficient (Wildman–Crippen LogP) is 0.817. The molecule has 1 unspecified atom stereocenters. The lowest BCUT2D eigenvalue weighted by molar-refractivity contribution is -0.885. The van der Waals surface area contributed by atoms with E-state index in [2.05, 4.69) is 29.5 Å². The lowest BCUT2D eigenvalue weighted by Crippen LogP contribution is -3.08. The zero-order chi connectivity index (χ0) is 16.9. The largest absolute Gasteiger partial charge is 0.508 e. The molecule has 0 saturated carbocycles. The number of thiophene rings is 1. The third-order valence-corrected chi connectivity index (χ3v) is 5.23. The molecule has 2 N–H and O–H groups in total. The summed E-state index contributed by atoms with van der Waals surface area (Å²) in [5.41, 5.74) is 1.10. The Labute approximate surface area is 146 Å². The van der Waals surface area contributed by atoms with E-state index in [0.717, 1.165) is 38.4 Å². The average Bonchev–Trinajstić information content (AvgIpc) is 3.08. The minimum Gasteiger partial charge on any atom is -0.508 e. The fourth-order valence-electron chi connectivity index (χ4n) is 3.02. The van der Waals surface area contributed by atoms with Gasteiger partial charge in [-0.05, 0) is 35.7 Å². The van der Waals surface area contributed by atoms with Crippen LogP contribution in [0.4, 0.5) is 5.69 Å². The quantitative estimate of drug-likeness (QED) is 0.843. The van der Waals surface area contributed by atoms with Crippen LogP contribution in [0.25, 0.3) is 0 Å². The maximum atomic E-state index is 12.5. The van der Waals surface area contributed by atoms with Crippen molar-refractivity contribution in [2.24, 2.45) is 0 Å². The first-order valence-corrected chi connectivity index (χ1v) is 9.15. The summed E-state index contributed by atoms with van der Waals surface area (Å²) in [5.74, 6) is 0.513. The third-order valence-electron chi connectivity index (χ3n) is 4.36. The van der Waals surface area contributed by atoms with Crippen molar-refractivity contribution in [3.8, 4) is 5.75 Å². The molecule has 128 valence electrons. The summed E-state index contributed by atoms with van der Waals surface area (Å²) in [6.07, 6.45) is 0. The van der Waals surface area contributed by atoms with Gasteiger partial charge in [0.25, 0.3) is 5.91 Å². The number of nitrogens with one attached hydrogen (secondary N) is 1. The summed E-state index contributed by atoms with van der Waals surface area (Å²) < 4.78 is 0. The number of rotatable bonds is 5. The van der Waals surface area contributed by atoms with Gasteiger partial charge in [-0.1, -0.05) is 6.07 Å². The Balaban J connectivity index is 1.47. The van der Waals surface area contributed by atoms with Crippen molar-refractivity contribution in [3.05, 3.63) is 46.7 Å². The van der Waals surface area contributed by atoms with Crippen LogP contribution in [-0.2, 0) is 11.3 Å². The van der Waals surface area contributed by atoms with E-state index < -0.39 is 0 Å². The Morgan fingerprint density at radius 1 is 1.17 bits per heavy atom. The van der Waals surface area contributed by atoms with Gasteiger partial charge in [-0.3, -0.25) is 4.79 Å². The summed E-state index contributed by atoms with van der Waals surface area (Å²) >= 11 is 1.74. The molecule has 1 saturated heterocycles. The van der Waals surface area contributed by atoms with Crippen molar-refractivity contribution in [2.75, 3.05) is 44.7 Å². The highest BCUT2D eigenvalue weighted by Crippen LogP contribution is 2.19. The molecular formula is C18H24N3O2S+. The smallest absolute Gasteiger partial charge is 0.277 e. The number of piperazine rings is 1. The second-order valence-electron chi connectivity index (χ2n) is 6.27. The Morgan fingerprint density at radius 2 is 1.88 bits per heavy atom. The topological polar surface area (TPSA) is 48.2 Å². The zero-order valence-electron chi connectivity index (χ0n) is 13.9. The van der Waals surface area contributed by atoms with Gasteiger partial charge in [0.1, 0.15) is 12.3 Å². The number of carbonyl (C=O) groups excluding carboxylic acids is 1. The fourth-order valence-corrected chi connectivity index (χ4v) is 3.84. The molecule has 0 aliphatic carbocycles. The second kappa shape index (κ2) is 7.68. The Kier molecular flexibility index (Phi) is 5.37. The third kappa shape index (κ3) is 4.27. The van der Waals surface area contributed by atoms with Crippen LogP contribution in [0.3, 0.4) is 0 Å². The highest BCUT2D eigenvalue weighted by Gasteiger charge is 2.23. The predicted molar refractivity (Wildman–Crippen MR) is 96.7 cm³/mol. The number of phenols is 1. The molecule has 1 atom stereocenters. The molecule has 0 spiro atoms. The van der Waals surface area contributed by atoms with Gasteiger partial charge in [0.15, 0.2) is 6.54 Å². The number of benzene rings is 1. The fraction of sp³-hybridized carbons (Fsp3) is 0.389. The van der Waals surface area contributed by atoms with Crippen LogP contribution < -0.4 is 9.80 Å². The van der Waals surface area contributed by atoms with Gasteiger partial charge in [-0.2, -0.15) is 0 Å². The summed E-state index contributed by atoms with van der Waals surface area (Å²) in [7, 11) is 2.07. The maximum absolute atomic E-state index is 12.5. The van der Waals surface area contributed by atoms with Gasteiger partial charge in [0.05, 0.1) is 11.9 Å². The van der Waals surface area contributed by atoms with Gasteiger partial charge in [0.2, 0.25) is 0 Å². The first kappa shape index (κ1) is 16.8. The molecule has 1 aliphatic heterocycles. The lowest BCUT2D eigenvalue weighted by atomic mass is 10.2. The number of quaternary nitrogens is 1. The van der Waals surface area contributed by atoms with E-state index in [1.807, 2.05) is 17.0 Å². The standard InChI is InChI=1S/C18H23N3O2S/c1-19(13-17-3-2-12-24-17)14-18(23)21-10-8-20(9-11-21)15-4-6-16(22)7-5-15/h2-7,12,22H,8-11,13-14H2,1H3/p+1. The van der Waals surface area contributed by atoms with Crippen molar-refractivity contribution in [1.82, 2.24) is 4.90 Å². The highest BCUT2D eigenvalue weighted by molar-refractivity contribution is 7.09. The van der Waals surface area contributed by atoms with Crippen molar-refractivity contribution < 1.29 is 14.8 Å². The van der Waals surface area contributed by atoms with Crippen LogP contribution in [0.2, 0.25) is 0 Å². The molecule has 2 aromatic rings. The number of amides is 1. The number of phenolic OH excluding ortho intramolecular Hbond substituents is 1. The molecule has 1 aromatic heterocycles. The first-order chi connectivity index (χ1) is 11.6. The lowest BCUT2D eigenvalue weighted by Gasteiger charge is -2.36. The number of nitrogens with zero attached hydrogens (tertiary/aromatic N) is 2. The summed E-state index contributed by atoms with van der Waals surface area (Å²) in [6, 6.07) is 11.4. The Morgan fingerprint density at radius 3 is 2.50 bits per heavy atom. The van der Waals surface area contributed by atoms with E-state index in [1.54, 1.807) is 23.5 Å². The number of hydrogen-bond donors (Lipinski definition) is 2. The number of aromatic hydroxyl groups is 1. The summed E-state index contributed by atoms with van der Waals surface area (Å²) in [4.78, 5) is 19.2. The number of carbonyl (C=O) groups is 1. The van der Waals surface area contributed by atoms with Crippen LogP contribution in [0.15, 0.2) is 41.8 Å². The molecule has 6 heteroatoms. The Bertz CT molecular complexity index is 649. The van der Waals surface area contributed by atoms with Crippen molar-refractivity contribution in [2.45, 2.75) is 6.54 Å². The van der Waals surface area contributed by atoms with Crippen LogP contribution in [0, 0.1) is 0 Å². The molecule has 1 amide bonds. The molecule has 2 heterocycles. The van der Waals surface area contributed by atoms with Crippen LogP contribution in [-0.4, -0.2) is 55.7 Å². The van der Waals surface area contributed by atoms with Crippen molar-refractivity contribution >= 4 is 22.9 Å². The van der Waals surface area contributed by atoms with E-state index in [4.69, 9.17) is 0 Å². The van der Waals surface area contributed by atoms with E-state index >= 15 is 0 Å². The molecule has 5 nitrogen and oxygen atoms in total. The van der Waals surface area contributed by atoms with E-state index in [0.29, 0.717) is 6.54 Å². The summed E-state index contributed by atoms with van der Waals surface area (Å²) in [6.45, 7) is 4.62. The molecule has 0 radical (unpaired) electrons. The minimum absolute atomic E-state index is 0.231. The van der Waals surface area contributed by atoms with Gasteiger partial charge in [-0.15, -0.1) is 11.3 Å². The molecule has 0 bridgehead atoms. The van der Waals surface area contributed by atoms with E-state index in [9.17, 15) is 9.90 Å². The number of anilines is 1. The van der Waals surface area contributed by atoms with Gasteiger partial charge in [-0.25, -0.2) is 0 Å². The molecule has 1 aliphatic rings. The van der Waals surface area contributed by atoms with Crippen molar-refractivity contribution in [1.29, 1.82) is 0 Å². The minimum atomic E-state index is 0.231. The average molecular weight is 346 g/mol. The summed E-state index contributed by atoms with van der Waals surface area (Å²) in [5, 5.41) is 11.4. The van der Waals surface area contributed by atoms with Crippen LogP contribution in [0.1, 0.15) is 4.88 Å². The molecule has 3 rings (SSSR count). The molecule has 1 fully saturated rings. The van der Waals surface area contributed by atoms with E-state index in [1.165, 1.54) is 9.78 Å². The monoisotopic (exact) mass is 346 g/mol. The molecule has 24 heavy (non-hydrogen) atoms. The van der Waals surface area contributed by atoms with Gasteiger partial charge >= 0.3 is 0 Å². The van der Waals surface area contributed by atoms with Crippen molar-refractivity contribution in [3.63, 3.8) is 0 Å². The maximum Gasteiger partial charge on any atom is 0.277 e. The van der Waals surface area contributed by atoms with Gasteiger partial charge in [0, 0.05) is 31.9 Å². The normalized spacial score (nSPS) is 16.2. The first-order valence-electron chi connectivity index (χ1n) is 8.27.